The molecule has 0 radical (unpaired) electrons. The Kier molecular flexibility index (Phi) is 5.58. The van der Waals surface area contributed by atoms with Crippen molar-refractivity contribution < 1.29 is 19.1 Å². The molecule has 1 aliphatic rings. The van der Waals surface area contributed by atoms with E-state index in [-0.39, 0.29) is 24.4 Å². The van der Waals surface area contributed by atoms with Crippen molar-refractivity contribution in [1.29, 1.82) is 0 Å². The number of rotatable bonds is 6. The number of fused-ring (bicyclic) bond motifs is 1. The van der Waals surface area contributed by atoms with Crippen LogP contribution in [0.4, 0.5) is 5.69 Å². The summed E-state index contributed by atoms with van der Waals surface area (Å²) < 4.78 is 6.93. The number of carbonyl (C=O) groups excluding carboxylic acids is 1. The fourth-order valence-electron chi connectivity index (χ4n) is 3.89. The highest BCUT2D eigenvalue weighted by Crippen LogP contribution is 2.29. The number of carbonyl (C=O) groups is 2. The molecule has 0 spiro atoms. The summed E-state index contributed by atoms with van der Waals surface area (Å²) in [6.45, 7) is 1.83. The van der Waals surface area contributed by atoms with E-state index in [4.69, 9.17) is 9.52 Å². The molecule has 9 nitrogen and oxygen atoms in total. The monoisotopic (exact) mass is 468 g/mol. The number of nitrogens with zero attached hydrogens (tertiary/aromatic N) is 4. The Balaban J connectivity index is 1.61. The Morgan fingerprint density at radius 1 is 1.09 bits per heavy atom. The molecule has 2 aromatic heterocycles. The maximum absolute atomic E-state index is 13.2. The van der Waals surface area contributed by atoms with Crippen LogP contribution < -0.4 is 10.6 Å². The van der Waals surface area contributed by atoms with Crippen LogP contribution in [0, 0.1) is 0 Å². The van der Waals surface area contributed by atoms with Crippen LogP contribution in [0.1, 0.15) is 18.9 Å². The number of aromatic nitrogens is 2. The molecule has 0 fully saturated rings. The minimum atomic E-state index is -0.973. The summed E-state index contributed by atoms with van der Waals surface area (Å²) in [4.78, 5) is 37.1. The van der Waals surface area contributed by atoms with Gasteiger partial charge in [0.05, 0.1) is 35.5 Å². The Morgan fingerprint density at radius 3 is 2.60 bits per heavy atom. The van der Waals surface area contributed by atoms with Crippen molar-refractivity contribution in [2.24, 2.45) is 5.10 Å². The number of carboxylic acid groups (broad SMARTS) is 1. The van der Waals surface area contributed by atoms with Crippen molar-refractivity contribution >= 4 is 40.3 Å². The first-order valence-corrected chi connectivity index (χ1v) is 10.9. The summed E-state index contributed by atoms with van der Waals surface area (Å²) in [5.74, 6) is -1.29. The molecular formula is C26H20N4O5. The fourth-order valence-corrected chi connectivity index (χ4v) is 3.89. The van der Waals surface area contributed by atoms with Gasteiger partial charge in [-0.15, -0.1) is 0 Å². The number of hydrogen-bond donors (Lipinski definition) is 1. The summed E-state index contributed by atoms with van der Waals surface area (Å²) in [5.41, 5.74) is 2.33. The van der Waals surface area contributed by atoms with Crippen LogP contribution in [0.25, 0.3) is 28.3 Å². The van der Waals surface area contributed by atoms with Gasteiger partial charge in [0.15, 0.2) is 0 Å². The highest BCUT2D eigenvalue weighted by atomic mass is 16.4. The molecule has 0 saturated carbocycles. The van der Waals surface area contributed by atoms with Crippen LogP contribution >= 0.6 is 0 Å². The Labute approximate surface area is 199 Å². The van der Waals surface area contributed by atoms with Gasteiger partial charge in [-0.3, -0.25) is 14.3 Å². The molecule has 5 rings (SSSR count). The number of benzene rings is 2. The van der Waals surface area contributed by atoms with Gasteiger partial charge in [-0.05, 0) is 37.3 Å². The van der Waals surface area contributed by atoms with Gasteiger partial charge >= 0.3 is 11.6 Å². The number of hydrogen-bond acceptors (Lipinski definition) is 6. The molecule has 0 aliphatic carbocycles. The van der Waals surface area contributed by atoms with Gasteiger partial charge in [0.1, 0.15) is 11.3 Å². The molecule has 0 unspecified atom stereocenters. The van der Waals surface area contributed by atoms with E-state index in [9.17, 15) is 14.4 Å². The van der Waals surface area contributed by atoms with Crippen molar-refractivity contribution in [1.82, 2.24) is 9.78 Å². The number of amides is 1. The first kappa shape index (κ1) is 22.0. The van der Waals surface area contributed by atoms with Crippen LogP contribution in [0.15, 0.2) is 86.7 Å². The van der Waals surface area contributed by atoms with Crippen LogP contribution in [0.5, 0.6) is 0 Å². The standard InChI is InChI=1S/C26H20N4O5/c1-16-20(25(33)30(27-16)19-8-3-2-4-9-19)14-18-15-29(12-11-23(31)32)28-24(18)21-13-17-7-5-6-10-22(17)35-26(21)34/h2-10,13-15H,11-12H2,1H3,(H,31,32). The average molecular weight is 468 g/mol. The SMILES string of the molecule is CC1=NN(c2ccccc2)C(=O)C1=Cc1cn(CCC(=O)O)nc1-c1cc2ccccc2oc1=O. The average Bonchev–Trinajstić information content (AvgIpc) is 3.38. The summed E-state index contributed by atoms with van der Waals surface area (Å²) in [6, 6.07) is 17.9. The van der Waals surface area contributed by atoms with Crippen LogP contribution in [0.3, 0.4) is 0 Å². The fraction of sp³-hybridized carbons (Fsp3) is 0.115. The number of carboxylic acids is 1. The van der Waals surface area contributed by atoms with Gasteiger partial charge in [0.2, 0.25) is 0 Å². The normalized spacial score (nSPS) is 14.7. The third-order valence-electron chi connectivity index (χ3n) is 5.60. The quantitative estimate of drug-likeness (QED) is 0.338. The zero-order valence-corrected chi connectivity index (χ0v) is 18.7. The molecule has 1 aliphatic heterocycles. The Hall–Kier alpha value is -4.79. The number of aryl methyl sites for hydroxylation is 1. The van der Waals surface area contributed by atoms with Crippen molar-refractivity contribution in [3.8, 4) is 11.3 Å². The molecule has 4 aromatic rings. The van der Waals surface area contributed by atoms with Crippen molar-refractivity contribution in [3.05, 3.63) is 88.4 Å². The second kappa shape index (κ2) is 8.86. The van der Waals surface area contributed by atoms with Gasteiger partial charge < -0.3 is 9.52 Å². The lowest BCUT2D eigenvalue weighted by molar-refractivity contribution is -0.137. The zero-order chi connectivity index (χ0) is 24.5. The predicted octanol–water partition coefficient (Wildman–Crippen LogP) is 3.94. The second-order valence-electron chi connectivity index (χ2n) is 8.02. The predicted molar refractivity (Wildman–Crippen MR) is 131 cm³/mol. The van der Waals surface area contributed by atoms with Gasteiger partial charge in [-0.2, -0.15) is 15.2 Å². The van der Waals surface area contributed by atoms with E-state index in [2.05, 4.69) is 10.2 Å². The highest BCUT2D eigenvalue weighted by molar-refractivity contribution is 6.32. The van der Waals surface area contributed by atoms with Gasteiger partial charge in [0.25, 0.3) is 5.91 Å². The van der Waals surface area contributed by atoms with Crippen molar-refractivity contribution in [3.63, 3.8) is 0 Å². The van der Waals surface area contributed by atoms with Crippen molar-refractivity contribution in [2.45, 2.75) is 19.9 Å². The summed E-state index contributed by atoms with van der Waals surface area (Å²) in [7, 11) is 0. The van der Waals surface area contributed by atoms with Crippen molar-refractivity contribution in [2.75, 3.05) is 5.01 Å². The summed E-state index contributed by atoms with van der Waals surface area (Å²) in [5, 5.41) is 20.0. The minimum Gasteiger partial charge on any atom is -0.481 e. The first-order valence-electron chi connectivity index (χ1n) is 10.9. The van der Waals surface area contributed by atoms with E-state index in [0.29, 0.717) is 39.2 Å². The lowest BCUT2D eigenvalue weighted by Crippen LogP contribution is -2.21. The summed E-state index contributed by atoms with van der Waals surface area (Å²) >= 11 is 0. The third kappa shape index (κ3) is 4.26. The van der Waals surface area contributed by atoms with E-state index in [1.54, 1.807) is 49.5 Å². The van der Waals surface area contributed by atoms with E-state index in [0.717, 1.165) is 0 Å². The highest BCUT2D eigenvalue weighted by Gasteiger charge is 2.29. The summed E-state index contributed by atoms with van der Waals surface area (Å²) in [6.07, 6.45) is 3.09. The molecule has 0 saturated heterocycles. The second-order valence-corrected chi connectivity index (χ2v) is 8.02. The van der Waals surface area contributed by atoms with Crippen LogP contribution in [-0.2, 0) is 16.1 Å². The molecule has 35 heavy (non-hydrogen) atoms. The third-order valence-corrected chi connectivity index (χ3v) is 5.60. The lowest BCUT2D eigenvalue weighted by Gasteiger charge is -2.11. The van der Waals surface area contributed by atoms with Crippen LogP contribution in [0.2, 0.25) is 0 Å². The van der Waals surface area contributed by atoms with E-state index >= 15 is 0 Å². The van der Waals surface area contributed by atoms with E-state index in [1.807, 2.05) is 30.3 Å². The maximum atomic E-state index is 13.2. The molecular weight excluding hydrogens is 448 g/mol. The minimum absolute atomic E-state index is 0.0988. The Bertz CT molecular complexity index is 1580. The van der Waals surface area contributed by atoms with Crippen LogP contribution in [-0.4, -0.2) is 32.5 Å². The smallest absolute Gasteiger partial charge is 0.345 e. The lowest BCUT2D eigenvalue weighted by atomic mass is 10.0. The van der Waals surface area contributed by atoms with Gasteiger partial charge in [-0.1, -0.05) is 36.4 Å². The van der Waals surface area contributed by atoms with Gasteiger partial charge in [-0.25, -0.2) is 4.79 Å². The number of hydrazone groups is 1. The van der Waals surface area contributed by atoms with E-state index in [1.165, 1.54) is 9.69 Å². The molecule has 2 aromatic carbocycles. The van der Waals surface area contributed by atoms with Gasteiger partial charge in [0, 0.05) is 17.1 Å². The molecule has 0 atom stereocenters. The molecule has 174 valence electrons. The Morgan fingerprint density at radius 2 is 1.83 bits per heavy atom. The molecule has 0 bridgehead atoms. The maximum Gasteiger partial charge on any atom is 0.345 e. The zero-order valence-electron chi connectivity index (χ0n) is 18.7. The number of para-hydroxylation sites is 2. The molecule has 1 N–H and O–H groups in total. The topological polar surface area (TPSA) is 118 Å². The molecule has 9 heteroatoms. The largest absolute Gasteiger partial charge is 0.481 e. The molecule has 3 heterocycles. The molecule has 1 amide bonds. The first-order chi connectivity index (χ1) is 16.9. The van der Waals surface area contributed by atoms with E-state index < -0.39 is 11.6 Å². The number of anilines is 1. The number of aliphatic carboxylic acids is 1.